The second kappa shape index (κ2) is 5.20. The first-order chi connectivity index (χ1) is 8.22. The van der Waals surface area contributed by atoms with Gasteiger partial charge in [0.25, 0.3) is 0 Å². The molecule has 0 aliphatic carbocycles. The van der Waals surface area contributed by atoms with Gasteiger partial charge in [-0.25, -0.2) is 15.8 Å². The number of nitrogens with zero attached hydrogens (tertiary/aromatic N) is 3. The molecule has 3 N–H and O–H groups in total. The van der Waals surface area contributed by atoms with Crippen LogP contribution in [0.2, 0.25) is 0 Å². The maximum absolute atomic E-state index is 5.38. The van der Waals surface area contributed by atoms with E-state index in [2.05, 4.69) is 36.3 Å². The van der Waals surface area contributed by atoms with Crippen molar-refractivity contribution in [1.29, 1.82) is 0 Å². The Labute approximate surface area is 108 Å². The molecule has 2 rings (SSSR count). The first kappa shape index (κ1) is 11.9. The lowest BCUT2D eigenvalue weighted by Gasteiger charge is -2.05. The van der Waals surface area contributed by atoms with Crippen LogP contribution < -0.4 is 11.3 Å². The average molecular weight is 294 g/mol. The van der Waals surface area contributed by atoms with Crippen molar-refractivity contribution in [3.8, 4) is 11.5 Å². The summed E-state index contributed by atoms with van der Waals surface area (Å²) in [5.41, 5.74) is 4.18. The highest BCUT2D eigenvalue weighted by Crippen LogP contribution is 2.17. The van der Waals surface area contributed by atoms with Crippen LogP contribution in [-0.2, 0) is 6.42 Å². The van der Waals surface area contributed by atoms with Crippen LogP contribution in [0.4, 0.5) is 5.82 Å². The molecule has 0 amide bonds. The van der Waals surface area contributed by atoms with E-state index in [0.717, 1.165) is 22.3 Å². The predicted molar refractivity (Wildman–Crippen MR) is 70.2 cm³/mol. The summed E-state index contributed by atoms with van der Waals surface area (Å²) in [5, 5.41) is 0. The Balaban J connectivity index is 2.46. The molecule has 0 spiro atoms. The molecule has 2 aromatic heterocycles. The number of hydrogen-bond donors (Lipinski definition) is 2. The van der Waals surface area contributed by atoms with Crippen molar-refractivity contribution in [2.75, 3.05) is 5.43 Å². The van der Waals surface area contributed by atoms with Crippen molar-refractivity contribution in [2.24, 2.45) is 5.84 Å². The van der Waals surface area contributed by atoms with E-state index >= 15 is 0 Å². The van der Waals surface area contributed by atoms with E-state index in [-0.39, 0.29) is 0 Å². The number of halogens is 1. The third-order valence-electron chi connectivity index (χ3n) is 2.25. The number of hydrogen-bond acceptors (Lipinski definition) is 5. The lowest BCUT2D eigenvalue weighted by molar-refractivity contribution is 0.994. The van der Waals surface area contributed by atoms with Gasteiger partial charge in [-0.1, -0.05) is 6.92 Å². The first-order valence-electron chi connectivity index (χ1n) is 5.19. The SMILES string of the molecule is CCc1cc(NN)nc(-c2ccc(Br)cn2)n1. The monoisotopic (exact) mass is 293 g/mol. The summed E-state index contributed by atoms with van der Waals surface area (Å²) in [6, 6.07) is 5.58. The predicted octanol–water partition coefficient (Wildman–Crippen LogP) is 2.15. The van der Waals surface area contributed by atoms with Crippen LogP contribution in [-0.4, -0.2) is 15.0 Å². The minimum absolute atomic E-state index is 0.574. The summed E-state index contributed by atoms with van der Waals surface area (Å²) in [6.45, 7) is 2.03. The molecule has 0 aliphatic heterocycles. The number of nitrogen functional groups attached to an aromatic ring is 1. The van der Waals surface area contributed by atoms with Crippen molar-refractivity contribution >= 4 is 21.7 Å². The second-order valence-electron chi connectivity index (χ2n) is 3.43. The van der Waals surface area contributed by atoms with Gasteiger partial charge >= 0.3 is 0 Å². The molecule has 0 bridgehead atoms. The molecule has 0 fully saturated rings. The minimum atomic E-state index is 0.574. The molecule has 0 unspecified atom stereocenters. The molecule has 0 saturated carbocycles. The minimum Gasteiger partial charge on any atom is -0.308 e. The van der Waals surface area contributed by atoms with Gasteiger partial charge in [-0.3, -0.25) is 4.98 Å². The lowest BCUT2D eigenvalue weighted by atomic mass is 10.3. The Morgan fingerprint density at radius 1 is 1.35 bits per heavy atom. The number of nitrogens with one attached hydrogen (secondary N) is 1. The van der Waals surface area contributed by atoms with Gasteiger partial charge in [0.2, 0.25) is 0 Å². The number of nitrogens with two attached hydrogens (primary N) is 1. The molecule has 5 nitrogen and oxygen atoms in total. The number of anilines is 1. The smallest absolute Gasteiger partial charge is 0.180 e. The fourth-order valence-electron chi connectivity index (χ4n) is 1.38. The van der Waals surface area contributed by atoms with Crippen molar-refractivity contribution < 1.29 is 0 Å². The Morgan fingerprint density at radius 3 is 2.76 bits per heavy atom. The van der Waals surface area contributed by atoms with E-state index in [1.54, 1.807) is 6.20 Å². The van der Waals surface area contributed by atoms with Gasteiger partial charge in [0.05, 0.1) is 0 Å². The maximum Gasteiger partial charge on any atom is 0.180 e. The highest BCUT2D eigenvalue weighted by molar-refractivity contribution is 9.10. The number of aryl methyl sites for hydroxylation is 1. The van der Waals surface area contributed by atoms with Gasteiger partial charge in [0, 0.05) is 22.4 Å². The molecule has 0 aliphatic rings. The summed E-state index contributed by atoms with van der Waals surface area (Å²) in [7, 11) is 0. The average Bonchev–Trinajstić information content (AvgIpc) is 2.39. The normalized spacial score (nSPS) is 10.3. The third-order valence-corrected chi connectivity index (χ3v) is 2.71. The summed E-state index contributed by atoms with van der Waals surface area (Å²) in [5.74, 6) is 6.54. The Kier molecular flexibility index (Phi) is 3.65. The van der Waals surface area contributed by atoms with Gasteiger partial charge in [-0.05, 0) is 34.5 Å². The van der Waals surface area contributed by atoms with E-state index < -0.39 is 0 Å². The van der Waals surface area contributed by atoms with Crippen molar-refractivity contribution in [3.63, 3.8) is 0 Å². The topological polar surface area (TPSA) is 76.7 Å². The van der Waals surface area contributed by atoms with Crippen LogP contribution >= 0.6 is 15.9 Å². The molecule has 88 valence electrons. The van der Waals surface area contributed by atoms with Gasteiger partial charge in [-0.15, -0.1) is 0 Å². The number of aromatic nitrogens is 3. The summed E-state index contributed by atoms with van der Waals surface area (Å²) in [4.78, 5) is 12.9. The zero-order chi connectivity index (χ0) is 12.3. The fraction of sp³-hybridized carbons (Fsp3) is 0.182. The Hall–Kier alpha value is -1.53. The number of hydrazine groups is 1. The summed E-state index contributed by atoms with van der Waals surface area (Å²) in [6.07, 6.45) is 2.54. The highest BCUT2D eigenvalue weighted by Gasteiger charge is 2.06. The molecule has 6 heteroatoms. The molecule has 2 aromatic rings. The van der Waals surface area contributed by atoms with Crippen molar-refractivity contribution in [2.45, 2.75) is 13.3 Å². The molecule has 0 atom stereocenters. The largest absolute Gasteiger partial charge is 0.308 e. The van der Waals surface area contributed by atoms with Gasteiger partial charge in [-0.2, -0.15) is 0 Å². The Morgan fingerprint density at radius 2 is 2.18 bits per heavy atom. The molecule has 0 saturated heterocycles. The summed E-state index contributed by atoms with van der Waals surface area (Å²) < 4.78 is 0.921. The molecular weight excluding hydrogens is 282 g/mol. The van der Waals surface area contributed by atoms with E-state index in [1.807, 2.05) is 25.1 Å². The van der Waals surface area contributed by atoms with Crippen LogP contribution in [0.1, 0.15) is 12.6 Å². The van der Waals surface area contributed by atoms with Crippen molar-refractivity contribution in [1.82, 2.24) is 15.0 Å². The quantitative estimate of drug-likeness (QED) is 0.670. The van der Waals surface area contributed by atoms with E-state index in [0.29, 0.717) is 11.6 Å². The number of rotatable bonds is 3. The first-order valence-corrected chi connectivity index (χ1v) is 5.98. The highest BCUT2D eigenvalue weighted by atomic mass is 79.9. The van der Waals surface area contributed by atoms with Crippen LogP contribution in [0.15, 0.2) is 28.9 Å². The molecular formula is C11H12BrN5. The summed E-state index contributed by atoms with van der Waals surface area (Å²) >= 11 is 3.34. The van der Waals surface area contributed by atoms with Gasteiger partial charge in [0.1, 0.15) is 11.5 Å². The molecule has 17 heavy (non-hydrogen) atoms. The van der Waals surface area contributed by atoms with Crippen LogP contribution in [0, 0.1) is 0 Å². The van der Waals surface area contributed by atoms with Crippen LogP contribution in [0.25, 0.3) is 11.5 Å². The standard InChI is InChI=1S/C11H12BrN5/c1-2-8-5-10(17-13)16-11(15-8)9-4-3-7(12)6-14-9/h3-6H,2,13H2,1H3,(H,15,16,17). The van der Waals surface area contributed by atoms with E-state index in [1.165, 1.54) is 0 Å². The zero-order valence-electron chi connectivity index (χ0n) is 9.31. The van der Waals surface area contributed by atoms with Crippen molar-refractivity contribution in [3.05, 3.63) is 34.6 Å². The lowest BCUT2D eigenvalue weighted by Crippen LogP contribution is -2.10. The van der Waals surface area contributed by atoms with Gasteiger partial charge in [0.15, 0.2) is 5.82 Å². The van der Waals surface area contributed by atoms with E-state index in [4.69, 9.17) is 5.84 Å². The number of pyridine rings is 1. The maximum atomic E-state index is 5.38. The molecule has 2 heterocycles. The van der Waals surface area contributed by atoms with E-state index in [9.17, 15) is 0 Å². The van der Waals surface area contributed by atoms with Crippen LogP contribution in [0.3, 0.4) is 0 Å². The molecule has 0 radical (unpaired) electrons. The Bertz CT molecular complexity index is 490. The zero-order valence-corrected chi connectivity index (χ0v) is 10.9. The third kappa shape index (κ3) is 2.78. The fourth-order valence-corrected chi connectivity index (χ4v) is 1.61. The molecule has 0 aromatic carbocycles. The van der Waals surface area contributed by atoms with Gasteiger partial charge < -0.3 is 5.43 Å². The van der Waals surface area contributed by atoms with Crippen LogP contribution in [0.5, 0.6) is 0 Å². The second-order valence-corrected chi connectivity index (χ2v) is 4.34.